The van der Waals surface area contributed by atoms with Crippen LogP contribution in [0.15, 0.2) is 30.3 Å². The van der Waals surface area contributed by atoms with Crippen molar-refractivity contribution in [2.75, 3.05) is 0 Å². The summed E-state index contributed by atoms with van der Waals surface area (Å²) in [5, 5.41) is 8.38. The van der Waals surface area contributed by atoms with Crippen molar-refractivity contribution in [1.82, 2.24) is 0 Å². The van der Waals surface area contributed by atoms with Crippen molar-refractivity contribution in [2.45, 2.75) is 0 Å². The number of carboxylic acids is 1. The molecule has 0 aliphatic heterocycles. The van der Waals surface area contributed by atoms with Gasteiger partial charge in [0.15, 0.2) is 0 Å². The van der Waals surface area contributed by atoms with Gasteiger partial charge in [0.1, 0.15) is 0 Å². The zero-order valence-electron chi connectivity index (χ0n) is 6.21. The minimum Gasteiger partial charge on any atom is -1.00 e. The average Bonchev–Trinajstić information content (AvgIpc) is 1.90. The summed E-state index contributed by atoms with van der Waals surface area (Å²) in [5.41, 5.74) is 0.331. The van der Waals surface area contributed by atoms with Crippen molar-refractivity contribution < 1.29 is 43.9 Å². The van der Waals surface area contributed by atoms with Crippen LogP contribution in [0.2, 0.25) is 0 Å². The fraction of sp³-hybridized carbons (Fsp3) is 0. The van der Waals surface area contributed by atoms with Crippen LogP contribution in [0, 0.1) is 0 Å². The summed E-state index contributed by atoms with van der Waals surface area (Å²) in [6, 6.07) is 8.30. The maximum Gasteiger partial charge on any atom is 2.00 e. The summed E-state index contributed by atoms with van der Waals surface area (Å²) < 4.78 is 0. The van der Waals surface area contributed by atoms with Crippen LogP contribution < -0.4 is 34.0 Å². The third-order valence-corrected chi connectivity index (χ3v) is 1.02. The Morgan fingerprint density at radius 3 is 1.75 bits per heavy atom. The Kier molecular flexibility index (Phi) is 14.5. The number of carboxylic acid groups (broad SMARTS) is 1. The van der Waals surface area contributed by atoms with E-state index in [9.17, 15) is 4.79 Å². The molecular weight excluding hydrogens is 300 g/mol. The van der Waals surface area contributed by atoms with E-state index in [2.05, 4.69) is 0 Å². The van der Waals surface area contributed by atoms with Gasteiger partial charge in [0, 0.05) is 0 Å². The molecule has 0 radical (unpaired) electrons. The maximum atomic E-state index is 10.2. The van der Waals surface area contributed by atoms with Gasteiger partial charge in [-0.3, -0.25) is 0 Å². The van der Waals surface area contributed by atoms with Gasteiger partial charge in [-0.05, 0) is 12.1 Å². The smallest absolute Gasteiger partial charge is 1.00 e. The van der Waals surface area contributed by atoms with E-state index in [0.717, 1.165) is 0 Å². The summed E-state index contributed by atoms with van der Waals surface area (Å²) in [7, 11) is 0. The van der Waals surface area contributed by atoms with E-state index < -0.39 is 5.97 Å². The molecule has 0 heterocycles. The minimum atomic E-state index is -0.879. The molecule has 1 aromatic rings. The summed E-state index contributed by atoms with van der Waals surface area (Å²) >= 11 is 0. The molecule has 0 fully saturated rings. The summed E-state index contributed by atoms with van der Waals surface area (Å²) in [5.74, 6) is -0.879. The van der Waals surface area contributed by atoms with Gasteiger partial charge < -0.3 is 39.1 Å². The van der Waals surface area contributed by atoms with Crippen molar-refractivity contribution in [3.8, 4) is 0 Å². The number of halogens is 2. The minimum absolute atomic E-state index is 0. The van der Waals surface area contributed by atoms with Crippen LogP contribution in [0.3, 0.4) is 0 Å². The van der Waals surface area contributed by atoms with Gasteiger partial charge in [0.25, 0.3) is 0 Å². The van der Waals surface area contributed by atoms with Crippen molar-refractivity contribution in [2.24, 2.45) is 0 Å². The zero-order chi connectivity index (χ0) is 6.69. The fourth-order valence-corrected chi connectivity index (χ4v) is 0.581. The second kappa shape index (κ2) is 9.50. The Hall–Kier alpha value is 0.416. The maximum absolute atomic E-state index is 10.2. The first-order valence-electron chi connectivity index (χ1n) is 2.59. The van der Waals surface area contributed by atoms with E-state index in [1.165, 1.54) is 0 Å². The third kappa shape index (κ3) is 5.99. The van der Waals surface area contributed by atoms with Gasteiger partial charge in [-0.25, -0.2) is 4.79 Å². The van der Waals surface area contributed by atoms with Gasteiger partial charge in [0.05, 0.1) is 5.56 Å². The van der Waals surface area contributed by atoms with Crippen molar-refractivity contribution in [3.63, 3.8) is 0 Å². The van der Waals surface area contributed by atoms with Crippen LogP contribution in [-0.4, -0.2) is 34.1 Å². The molecule has 2 nitrogen and oxygen atoms in total. The molecule has 62 valence electrons. The molecule has 1 N–H and O–H groups in total. The van der Waals surface area contributed by atoms with Crippen LogP contribution in [-0.2, 0) is 0 Å². The molecule has 1 rings (SSSR count). The Bertz CT molecular complexity index is 216. The number of carbonyl (C=O) groups is 1. The van der Waals surface area contributed by atoms with Crippen LogP contribution in [0.4, 0.5) is 0 Å². The van der Waals surface area contributed by atoms with Gasteiger partial charge in [-0.2, -0.15) is 0 Å². The van der Waals surface area contributed by atoms with E-state index >= 15 is 0 Å². The molecule has 0 amide bonds. The van der Waals surface area contributed by atoms with Crippen molar-refractivity contribution in [1.29, 1.82) is 0 Å². The number of rotatable bonds is 1. The van der Waals surface area contributed by atoms with Crippen LogP contribution in [0.1, 0.15) is 10.4 Å². The Labute approximate surface area is 108 Å². The van der Waals surface area contributed by atoms with Crippen LogP contribution in [0.5, 0.6) is 0 Å². The first-order valence-corrected chi connectivity index (χ1v) is 2.59. The molecule has 5 heteroatoms. The molecule has 0 saturated carbocycles. The Balaban J connectivity index is -0.000000270. The predicted molar refractivity (Wildman–Crippen MR) is 39.2 cm³/mol. The largest absolute Gasteiger partial charge is 2.00 e. The second-order valence-corrected chi connectivity index (χ2v) is 1.67. The first-order chi connectivity index (χ1) is 4.30. The van der Waals surface area contributed by atoms with E-state index in [-0.39, 0.29) is 57.0 Å². The molecule has 0 aromatic heterocycles. The van der Waals surface area contributed by atoms with E-state index in [1.807, 2.05) is 0 Å². The topological polar surface area (TPSA) is 37.3 Å². The van der Waals surface area contributed by atoms with Gasteiger partial charge >= 0.3 is 29.0 Å². The molecule has 0 aliphatic carbocycles. The van der Waals surface area contributed by atoms with Gasteiger partial charge in [-0.1, -0.05) is 18.2 Å². The van der Waals surface area contributed by atoms with E-state index in [0.29, 0.717) is 5.56 Å². The quantitative estimate of drug-likeness (QED) is 0.528. The number of hydrogen-bond donors (Lipinski definition) is 1. The monoisotopic (exact) mass is 304 g/mol. The second-order valence-electron chi connectivity index (χ2n) is 1.67. The SMILES string of the molecule is O=C(O)c1ccccc1.[Br-].[Br-].[Mg+2]. The third-order valence-electron chi connectivity index (χ3n) is 1.02. The molecule has 0 spiro atoms. The van der Waals surface area contributed by atoms with Crippen LogP contribution >= 0.6 is 0 Å². The molecule has 1 aromatic carbocycles. The Morgan fingerprint density at radius 1 is 1.08 bits per heavy atom. The average molecular weight is 306 g/mol. The molecule has 0 aliphatic rings. The van der Waals surface area contributed by atoms with Crippen molar-refractivity contribution in [3.05, 3.63) is 35.9 Å². The number of aromatic carboxylic acids is 1. The van der Waals surface area contributed by atoms with Crippen LogP contribution in [0.25, 0.3) is 0 Å². The summed E-state index contributed by atoms with van der Waals surface area (Å²) in [6.45, 7) is 0. The summed E-state index contributed by atoms with van der Waals surface area (Å²) in [4.78, 5) is 10.2. The molecule has 0 atom stereocenters. The van der Waals surface area contributed by atoms with Gasteiger partial charge in [0.2, 0.25) is 0 Å². The normalized spacial score (nSPS) is 6.67. The fourth-order valence-electron chi connectivity index (χ4n) is 0.581. The molecule has 12 heavy (non-hydrogen) atoms. The van der Waals surface area contributed by atoms with E-state index in [1.54, 1.807) is 30.3 Å². The summed E-state index contributed by atoms with van der Waals surface area (Å²) in [6.07, 6.45) is 0. The standard InChI is InChI=1S/C7H6O2.2BrH.Mg/c8-7(9)6-4-2-1-3-5-6;;;/h1-5H,(H,8,9);2*1H;/q;;;+2/p-2. The first kappa shape index (κ1) is 18.3. The Morgan fingerprint density at radius 2 is 1.50 bits per heavy atom. The van der Waals surface area contributed by atoms with E-state index in [4.69, 9.17) is 5.11 Å². The zero-order valence-corrected chi connectivity index (χ0v) is 10.8. The molecule has 0 bridgehead atoms. The van der Waals surface area contributed by atoms with Crippen molar-refractivity contribution >= 4 is 29.0 Å². The number of benzene rings is 1. The van der Waals surface area contributed by atoms with Gasteiger partial charge in [-0.15, -0.1) is 0 Å². The molecule has 0 saturated heterocycles. The number of hydrogen-bond acceptors (Lipinski definition) is 1. The molecular formula is C7H6Br2MgO2. The molecule has 0 unspecified atom stereocenters. The predicted octanol–water partition coefficient (Wildman–Crippen LogP) is -4.99.